The number of rotatable bonds is 2. The Kier molecular flexibility index (Phi) is 2.40. The zero-order chi connectivity index (χ0) is 11.8. The minimum Gasteiger partial charge on any atom is -0.842 e. The van der Waals surface area contributed by atoms with Crippen molar-refractivity contribution in [2.45, 2.75) is 6.54 Å². The molecule has 2 rings (SSSR count). The van der Waals surface area contributed by atoms with Crippen molar-refractivity contribution in [3.05, 3.63) is 35.9 Å². The van der Waals surface area contributed by atoms with E-state index in [0.29, 0.717) is 0 Å². The van der Waals surface area contributed by atoms with Crippen LogP contribution in [0.4, 0.5) is 4.79 Å². The van der Waals surface area contributed by atoms with Crippen molar-refractivity contribution < 1.29 is 14.5 Å². The molecule has 0 saturated carbocycles. The number of hydrogen-bond acceptors (Lipinski definition) is 3. The van der Waals surface area contributed by atoms with Crippen molar-refractivity contribution >= 4 is 12.1 Å². The van der Waals surface area contributed by atoms with Crippen LogP contribution in [0.3, 0.4) is 0 Å². The van der Waals surface area contributed by atoms with E-state index in [4.69, 9.17) is 0 Å². The van der Waals surface area contributed by atoms with Crippen LogP contribution in [0.2, 0.25) is 0 Å². The molecule has 5 heteroatoms. The summed E-state index contributed by atoms with van der Waals surface area (Å²) in [7, 11) is 3.18. The summed E-state index contributed by atoms with van der Waals surface area (Å²) >= 11 is 0. The van der Waals surface area contributed by atoms with Gasteiger partial charge in [-0.15, -0.1) is 4.59 Å². The Labute approximate surface area is 93.8 Å². The summed E-state index contributed by atoms with van der Waals surface area (Å²) in [6.45, 7) is 0.281. The molecule has 0 fully saturated rings. The lowest BCUT2D eigenvalue weighted by Gasteiger charge is -2.19. The van der Waals surface area contributed by atoms with Gasteiger partial charge in [0.25, 0.3) is 0 Å². The lowest BCUT2D eigenvalue weighted by atomic mass is 10.2. The van der Waals surface area contributed by atoms with Gasteiger partial charge in [-0.1, -0.05) is 35.4 Å². The third-order valence-corrected chi connectivity index (χ3v) is 2.45. The van der Waals surface area contributed by atoms with Crippen LogP contribution in [-0.4, -0.2) is 35.6 Å². The molecule has 0 aromatic heterocycles. The molecule has 1 aromatic carbocycles. The van der Waals surface area contributed by atoms with Crippen molar-refractivity contribution in [2.24, 2.45) is 5.10 Å². The molecule has 0 atom stereocenters. The van der Waals surface area contributed by atoms with Crippen LogP contribution in [-0.2, 0) is 6.54 Å². The van der Waals surface area contributed by atoms with E-state index < -0.39 is 6.02 Å². The summed E-state index contributed by atoms with van der Waals surface area (Å²) < 4.78 is -0.258. The van der Waals surface area contributed by atoms with E-state index in [0.717, 1.165) is 10.5 Å². The van der Waals surface area contributed by atoms with Gasteiger partial charge in [-0.25, -0.2) is 9.69 Å². The maximum atomic E-state index is 11.8. The molecule has 0 saturated heterocycles. The molecule has 1 aromatic rings. The zero-order valence-corrected chi connectivity index (χ0v) is 9.25. The molecule has 1 heterocycles. The quantitative estimate of drug-likeness (QED) is 0.673. The predicted octanol–water partition coefficient (Wildman–Crippen LogP) is 0.330. The van der Waals surface area contributed by atoms with Crippen LogP contribution < -0.4 is 5.11 Å². The first-order valence-electron chi connectivity index (χ1n) is 4.98. The van der Waals surface area contributed by atoms with Crippen LogP contribution in [0.5, 0.6) is 0 Å². The number of amides is 2. The number of carbonyl (C=O) groups is 1. The smallest absolute Gasteiger partial charge is 0.450 e. The number of hydrogen-bond donors (Lipinski definition) is 0. The van der Waals surface area contributed by atoms with Gasteiger partial charge in [0.2, 0.25) is 0 Å². The SMILES string of the molecule is C[N+]1(C)N=C([O-])N(Cc2ccccc2)C1=O. The molecular formula is C11H13N3O2. The van der Waals surface area contributed by atoms with E-state index in [1.54, 1.807) is 14.1 Å². The van der Waals surface area contributed by atoms with E-state index in [-0.39, 0.29) is 17.2 Å². The fourth-order valence-electron chi connectivity index (χ4n) is 1.59. The van der Waals surface area contributed by atoms with Crippen molar-refractivity contribution in [3.63, 3.8) is 0 Å². The number of nitrogens with zero attached hydrogens (tertiary/aromatic N) is 3. The van der Waals surface area contributed by atoms with Crippen LogP contribution in [0, 0.1) is 0 Å². The fraction of sp³-hybridized carbons (Fsp3) is 0.273. The van der Waals surface area contributed by atoms with Crippen molar-refractivity contribution in [1.29, 1.82) is 0 Å². The summed E-state index contributed by atoms with van der Waals surface area (Å²) in [6, 6.07) is 8.61. The summed E-state index contributed by atoms with van der Waals surface area (Å²) in [5.74, 6) is 0. The molecule has 84 valence electrons. The molecule has 0 spiro atoms. The standard InChI is InChI=1S/C11H13N3O2/c1-14(2)11(16)13(10(15)12-14)8-9-6-4-3-5-7-9/h3-7H,8H2,1-2H3. The maximum absolute atomic E-state index is 11.8. The van der Waals surface area contributed by atoms with Crippen LogP contribution in [0.1, 0.15) is 5.56 Å². The number of quaternary nitrogens is 1. The van der Waals surface area contributed by atoms with Crippen molar-refractivity contribution in [2.75, 3.05) is 14.1 Å². The molecule has 1 aliphatic heterocycles. The highest BCUT2D eigenvalue weighted by molar-refractivity contribution is 5.90. The molecular weight excluding hydrogens is 206 g/mol. The molecule has 0 N–H and O–H groups in total. The maximum Gasteiger partial charge on any atom is 0.450 e. The monoisotopic (exact) mass is 219 g/mol. The molecule has 5 nitrogen and oxygen atoms in total. The Morgan fingerprint density at radius 1 is 1.31 bits per heavy atom. The first-order chi connectivity index (χ1) is 7.50. The molecule has 2 amide bonds. The summed E-state index contributed by atoms with van der Waals surface area (Å²) in [4.78, 5) is 13.0. The Morgan fingerprint density at radius 2 is 1.94 bits per heavy atom. The molecule has 0 unspecified atom stereocenters. The van der Waals surface area contributed by atoms with Gasteiger partial charge >= 0.3 is 6.03 Å². The topological polar surface area (TPSA) is 55.7 Å². The molecule has 0 aliphatic carbocycles. The molecule has 0 bridgehead atoms. The minimum atomic E-state index is -0.473. The number of amidine groups is 1. The highest BCUT2D eigenvalue weighted by atomic mass is 16.3. The number of carbonyl (C=O) groups excluding carboxylic acids is 1. The predicted molar refractivity (Wildman–Crippen MR) is 56.9 cm³/mol. The lowest BCUT2D eigenvalue weighted by molar-refractivity contribution is -0.813. The van der Waals surface area contributed by atoms with Crippen LogP contribution >= 0.6 is 0 Å². The highest BCUT2D eigenvalue weighted by Crippen LogP contribution is 2.17. The lowest BCUT2D eigenvalue weighted by Crippen LogP contribution is -2.45. The van der Waals surface area contributed by atoms with Crippen molar-refractivity contribution in [3.8, 4) is 0 Å². The van der Waals surface area contributed by atoms with Gasteiger partial charge in [-0.05, 0) is 5.56 Å². The summed E-state index contributed by atoms with van der Waals surface area (Å²) in [5.41, 5.74) is 0.918. The molecule has 0 radical (unpaired) electrons. The van der Waals surface area contributed by atoms with E-state index in [9.17, 15) is 9.90 Å². The third-order valence-electron chi connectivity index (χ3n) is 2.45. The van der Waals surface area contributed by atoms with Gasteiger partial charge in [0, 0.05) is 0 Å². The molecule has 1 aliphatic rings. The Morgan fingerprint density at radius 3 is 2.44 bits per heavy atom. The Bertz CT molecular complexity index is 440. The second-order valence-corrected chi connectivity index (χ2v) is 4.13. The minimum absolute atomic E-state index is 0.258. The van der Waals surface area contributed by atoms with Gasteiger partial charge in [0.15, 0.2) is 0 Å². The first-order valence-corrected chi connectivity index (χ1v) is 4.98. The van der Waals surface area contributed by atoms with Gasteiger partial charge in [0.1, 0.15) is 20.1 Å². The van der Waals surface area contributed by atoms with Gasteiger partial charge in [-0.3, -0.25) is 0 Å². The number of urea groups is 1. The van der Waals surface area contributed by atoms with Gasteiger partial charge in [-0.2, -0.15) is 0 Å². The fourth-order valence-corrected chi connectivity index (χ4v) is 1.59. The van der Waals surface area contributed by atoms with Crippen LogP contribution in [0.15, 0.2) is 35.4 Å². The first kappa shape index (κ1) is 10.6. The van der Waals surface area contributed by atoms with Crippen LogP contribution in [0.25, 0.3) is 0 Å². The second kappa shape index (κ2) is 3.61. The molecule has 16 heavy (non-hydrogen) atoms. The van der Waals surface area contributed by atoms with E-state index in [2.05, 4.69) is 5.10 Å². The van der Waals surface area contributed by atoms with E-state index in [1.165, 1.54) is 0 Å². The van der Waals surface area contributed by atoms with E-state index >= 15 is 0 Å². The second-order valence-electron chi connectivity index (χ2n) is 4.13. The van der Waals surface area contributed by atoms with Gasteiger partial charge in [0.05, 0.1) is 6.54 Å². The van der Waals surface area contributed by atoms with Crippen molar-refractivity contribution in [1.82, 2.24) is 4.90 Å². The number of benzene rings is 1. The average Bonchev–Trinajstić information content (AvgIpc) is 2.42. The van der Waals surface area contributed by atoms with E-state index in [1.807, 2.05) is 30.3 Å². The summed E-state index contributed by atoms with van der Waals surface area (Å²) in [6.07, 6.45) is 0. The Balaban J connectivity index is 2.19. The zero-order valence-electron chi connectivity index (χ0n) is 9.25. The third kappa shape index (κ3) is 1.77. The normalized spacial score (nSPS) is 18.8. The summed E-state index contributed by atoms with van der Waals surface area (Å²) in [5, 5.41) is 15.3. The largest absolute Gasteiger partial charge is 0.842 e. The average molecular weight is 219 g/mol. The van der Waals surface area contributed by atoms with Gasteiger partial charge < -0.3 is 5.11 Å². The Hall–Kier alpha value is -1.88. The highest BCUT2D eigenvalue weighted by Gasteiger charge is 2.39.